The van der Waals surface area contributed by atoms with Gasteiger partial charge in [-0.05, 0) is 20.8 Å². The number of rotatable bonds is 2. The van der Waals surface area contributed by atoms with Gasteiger partial charge in [-0.15, -0.1) is 0 Å². The largest absolute Gasteiger partial charge is 0.444 e. The van der Waals surface area contributed by atoms with Crippen LogP contribution in [0, 0.1) is 0 Å². The molecule has 0 aromatic carbocycles. The summed E-state index contributed by atoms with van der Waals surface area (Å²) in [4.78, 5) is 4.00. The van der Waals surface area contributed by atoms with Gasteiger partial charge < -0.3 is 14.9 Å². The fourth-order valence-corrected chi connectivity index (χ4v) is 0.691. The number of aromatic nitrogens is 1. The molecule has 0 aliphatic carbocycles. The molecule has 1 rings (SSSR count). The quantitative estimate of drug-likeness (QED) is 0.727. The van der Waals surface area contributed by atoms with Crippen molar-refractivity contribution in [2.45, 2.75) is 32.9 Å². The highest BCUT2D eigenvalue weighted by Crippen LogP contribution is 2.16. The van der Waals surface area contributed by atoms with Gasteiger partial charge in [0, 0.05) is 6.54 Å². The van der Waals surface area contributed by atoms with Crippen molar-refractivity contribution in [1.29, 1.82) is 0 Å². The maximum Gasteiger partial charge on any atom is 0.394 e. The van der Waals surface area contributed by atoms with Crippen LogP contribution in [-0.2, 0) is 6.54 Å². The molecule has 1 aromatic rings. The third kappa shape index (κ3) is 2.54. The van der Waals surface area contributed by atoms with Crippen molar-refractivity contribution in [2.75, 3.05) is 0 Å². The Morgan fingerprint density at radius 2 is 2.25 bits per heavy atom. The lowest BCUT2D eigenvalue weighted by Crippen LogP contribution is -2.23. The third-order valence-corrected chi connectivity index (χ3v) is 1.13. The lowest BCUT2D eigenvalue weighted by atomic mass is 10.2. The SMILES string of the molecule is CC(C)(C)Oc1nc(CN)co1. The van der Waals surface area contributed by atoms with Crippen LogP contribution in [0.2, 0.25) is 0 Å². The zero-order chi connectivity index (χ0) is 9.19. The normalized spacial score (nSPS) is 11.7. The fourth-order valence-electron chi connectivity index (χ4n) is 0.691. The molecule has 0 spiro atoms. The Balaban J connectivity index is 2.64. The second kappa shape index (κ2) is 3.15. The summed E-state index contributed by atoms with van der Waals surface area (Å²) in [7, 11) is 0. The summed E-state index contributed by atoms with van der Waals surface area (Å²) in [6.45, 7) is 6.16. The van der Waals surface area contributed by atoms with Gasteiger partial charge in [0.25, 0.3) is 0 Å². The molecule has 0 bridgehead atoms. The monoisotopic (exact) mass is 170 g/mol. The first-order chi connectivity index (χ1) is 5.51. The Morgan fingerprint density at radius 1 is 1.58 bits per heavy atom. The van der Waals surface area contributed by atoms with E-state index in [0.717, 1.165) is 0 Å². The molecule has 68 valence electrons. The van der Waals surface area contributed by atoms with E-state index in [1.54, 1.807) is 0 Å². The lowest BCUT2D eigenvalue weighted by molar-refractivity contribution is 0.0874. The standard InChI is InChI=1S/C8H14N2O2/c1-8(2,3)12-7-10-6(4-9)5-11-7/h5H,4,9H2,1-3H3. The minimum atomic E-state index is -0.281. The number of hydrogen-bond acceptors (Lipinski definition) is 4. The van der Waals surface area contributed by atoms with Crippen molar-refractivity contribution >= 4 is 0 Å². The predicted molar refractivity (Wildman–Crippen MR) is 44.8 cm³/mol. The second-order valence-electron chi connectivity index (χ2n) is 3.52. The Kier molecular flexibility index (Phi) is 2.38. The molecule has 4 heteroatoms. The number of nitrogens with two attached hydrogens (primary N) is 1. The van der Waals surface area contributed by atoms with Gasteiger partial charge in [-0.2, -0.15) is 4.98 Å². The number of nitrogens with zero attached hydrogens (tertiary/aromatic N) is 1. The van der Waals surface area contributed by atoms with E-state index in [1.807, 2.05) is 20.8 Å². The molecule has 0 amide bonds. The minimum Gasteiger partial charge on any atom is -0.444 e. The van der Waals surface area contributed by atoms with Gasteiger partial charge in [0.2, 0.25) is 0 Å². The smallest absolute Gasteiger partial charge is 0.394 e. The molecule has 1 heterocycles. The van der Waals surface area contributed by atoms with Gasteiger partial charge in [0.15, 0.2) is 0 Å². The van der Waals surface area contributed by atoms with Gasteiger partial charge in [0.05, 0.1) is 5.69 Å². The van der Waals surface area contributed by atoms with E-state index in [9.17, 15) is 0 Å². The Morgan fingerprint density at radius 3 is 2.67 bits per heavy atom. The van der Waals surface area contributed by atoms with Crippen LogP contribution in [0.3, 0.4) is 0 Å². The molecule has 0 atom stereocenters. The summed E-state index contributed by atoms with van der Waals surface area (Å²) in [6, 6.07) is 0. The molecule has 0 aliphatic heterocycles. The van der Waals surface area contributed by atoms with E-state index >= 15 is 0 Å². The topological polar surface area (TPSA) is 61.3 Å². The predicted octanol–water partition coefficient (Wildman–Crippen LogP) is 1.31. The molecule has 0 unspecified atom stereocenters. The Bertz CT molecular complexity index is 250. The van der Waals surface area contributed by atoms with Crippen molar-refractivity contribution in [3.8, 4) is 6.08 Å². The van der Waals surface area contributed by atoms with Crippen LogP contribution in [0.1, 0.15) is 26.5 Å². The van der Waals surface area contributed by atoms with Crippen molar-refractivity contribution in [1.82, 2.24) is 4.98 Å². The van der Waals surface area contributed by atoms with Crippen LogP contribution >= 0.6 is 0 Å². The second-order valence-corrected chi connectivity index (χ2v) is 3.52. The van der Waals surface area contributed by atoms with Crippen LogP contribution in [-0.4, -0.2) is 10.6 Å². The van der Waals surface area contributed by atoms with E-state index in [1.165, 1.54) is 6.26 Å². The van der Waals surface area contributed by atoms with Crippen LogP contribution < -0.4 is 10.5 Å². The molecule has 0 saturated carbocycles. The van der Waals surface area contributed by atoms with Crippen LogP contribution in [0.15, 0.2) is 10.7 Å². The first-order valence-electron chi connectivity index (χ1n) is 3.85. The highest BCUT2D eigenvalue weighted by Gasteiger charge is 2.15. The molecule has 2 N–H and O–H groups in total. The van der Waals surface area contributed by atoms with Crippen LogP contribution in [0.5, 0.6) is 6.08 Å². The summed E-state index contributed by atoms with van der Waals surface area (Å²) in [6.07, 6.45) is 1.78. The van der Waals surface area contributed by atoms with Crippen LogP contribution in [0.25, 0.3) is 0 Å². The van der Waals surface area contributed by atoms with E-state index in [2.05, 4.69) is 4.98 Å². The van der Waals surface area contributed by atoms with Gasteiger partial charge in [-0.3, -0.25) is 0 Å². The zero-order valence-electron chi connectivity index (χ0n) is 7.63. The molecule has 12 heavy (non-hydrogen) atoms. The average Bonchev–Trinajstić information content (AvgIpc) is 2.32. The number of ether oxygens (including phenoxy) is 1. The molecular weight excluding hydrogens is 156 g/mol. The molecule has 4 nitrogen and oxygen atoms in total. The van der Waals surface area contributed by atoms with Gasteiger partial charge >= 0.3 is 6.08 Å². The summed E-state index contributed by atoms with van der Waals surface area (Å²) in [5.41, 5.74) is 5.77. The summed E-state index contributed by atoms with van der Waals surface area (Å²) in [5, 5.41) is 0. The molecule has 0 radical (unpaired) electrons. The molecule has 0 fully saturated rings. The molecular formula is C8H14N2O2. The lowest BCUT2D eigenvalue weighted by Gasteiger charge is -2.17. The van der Waals surface area contributed by atoms with E-state index < -0.39 is 0 Å². The fraction of sp³-hybridized carbons (Fsp3) is 0.625. The summed E-state index contributed by atoms with van der Waals surface area (Å²) < 4.78 is 10.4. The number of hydrogen-bond donors (Lipinski definition) is 1. The molecule has 0 aliphatic rings. The van der Waals surface area contributed by atoms with E-state index in [4.69, 9.17) is 14.9 Å². The first-order valence-corrected chi connectivity index (χ1v) is 3.85. The summed E-state index contributed by atoms with van der Waals surface area (Å²) >= 11 is 0. The minimum absolute atomic E-state index is 0.281. The number of oxazole rings is 1. The Hall–Kier alpha value is -1.03. The van der Waals surface area contributed by atoms with Crippen molar-refractivity contribution in [2.24, 2.45) is 5.73 Å². The van der Waals surface area contributed by atoms with Gasteiger partial charge in [-0.1, -0.05) is 0 Å². The average molecular weight is 170 g/mol. The zero-order valence-corrected chi connectivity index (χ0v) is 7.63. The molecule has 0 saturated heterocycles. The van der Waals surface area contributed by atoms with Gasteiger partial charge in [0.1, 0.15) is 11.9 Å². The maximum atomic E-state index is 5.35. The third-order valence-electron chi connectivity index (χ3n) is 1.13. The van der Waals surface area contributed by atoms with Crippen molar-refractivity contribution in [3.05, 3.63) is 12.0 Å². The molecule has 1 aromatic heterocycles. The first kappa shape index (κ1) is 9.06. The van der Waals surface area contributed by atoms with Gasteiger partial charge in [-0.25, -0.2) is 0 Å². The Labute approximate surface area is 71.7 Å². The summed E-state index contributed by atoms with van der Waals surface area (Å²) in [5.74, 6) is 0. The highest BCUT2D eigenvalue weighted by atomic mass is 16.6. The van der Waals surface area contributed by atoms with Crippen molar-refractivity contribution in [3.63, 3.8) is 0 Å². The van der Waals surface area contributed by atoms with E-state index in [-0.39, 0.29) is 11.7 Å². The van der Waals surface area contributed by atoms with Crippen LogP contribution in [0.4, 0.5) is 0 Å². The van der Waals surface area contributed by atoms with Crippen molar-refractivity contribution < 1.29 is 9.15 Å². The maximum absolute atomic E-state index is 5.35. The van der Waals surface area contributed by atoms with E-state index in [0.29, 0.717) is 12.2 Å². The highest BCUT2D eigenvalue weighted by molar-refractivity contribution is 4.99.